The Labute approximate surface area is 215 Å². The molecule has 0 radical (unpaired) electrons. The highest BCUT2D eigenvalue weighted by molar-refractivity contribution is 6.37. The smallest absolute Gasteiger partial charge is 0.163 e. The van der Waals surface area contributed by atoms with Crippen LogP contribution in [0.5, 0.6) is 5.75 Å². The van der Waals surface area contributed by atoms with E-state index in [1.54, 1.807) is 25.3 Å². The van der Waals surface area contributed by atoms with Crippen LogP contribution in [0.4, 0.5) is 5.69 Å². The number of hydrogen-bond acceptors (Lipinski definition) is 6. The van der Waals surface area contributed by atoms with Gasteiger partial charge >= 0.3 is 0 Å². The number of benzene rings is 1. The summed E-state index contributed by atoms with van der Waals surface area (Å²) in [6, 6.07) is 7.28. The normalized spacial score (nSPS) is 20.9. The molecule has 1 aromatic carbocycles. The van der Waals surface area contributed by atoms with E-state index in [-0.39, 0.29) is 27.6 Å². The van der Waals surface area contributed by atoms with Gasteiger partial charge in [0, 0.05) is 24.3 Å². The molecule has 6 nitrogen and oxygen atoms in total. The van der Waals surface area contributed by atoms with Gasteiger partial charge in [0.05, 0.1) is 32.5 Å². The number of ketones is 1. The highest BCUT2D eigenvalue weighted by Gasteiger charge is 2.26. The fourth-order valence-electron chi connectivity index (χ4n) is 5.38. The number of carbonyl (C=O) groups excluding carboxylic acids is 1. The number of likely N-dealkylation sites (tertiary alicyclic amines) is 1. The van der Waals surface area contributed by atoms with E-state index < -0.39 is 0 Å². The van der Waals surface area contributed by atoms with E-state index in [0.717, 1.165) is 24.4 Å². The van der Waals surface area contributed by atoms with Gasteiger partial charge in [-0.25, -0.2) is 4.98 Å². The summed E-state index contributed by atoms with van der Waals surface area (Å²) in [5.74, 6) is 0.551. The Kier molecular flexibility index (Phi) is 7.14. The van der Waals surface area contributed by atoms with Crippen molar-refractivity contribution in [2.45, 2.75) is 51.5 Å². The SMILES string of the molecule is CC(=O)c1cnc2ccc(-c3cc(Cl)c(O)c(Cl)c3)nc2c1NC1CCC(CN2CCCC2)CC1. The molecule has 8 heteroatoms. The monoisotopic (exact) mass is 512 g/mol. The molecule has 0 spiro atoms. The quantitative estimate of drug-likeness (QED) is 0.363. The van der Waals surface area contributed by atoms with E-state index in [1.807, 2.05) is 12.1 Å². The number of halogens is 2. The fraction of sp³-hybridized carbons (Fsp3) is 0.444. The summed E-state index contributed by atoms with van der Waals surface area (Å²) >= 11 is 12.3. The zero-order valence-electron chi connectivity index (χ0n) is 19.9. The second kappa shape index (κ2) is 10.3. The lowest BCUT2D eigenvalue weighted by atomic mass is 9.85. The molecule has 1 aliphatic carbocycles. The molecule has 2 fully saturated rings. The number of rotatable bonds is 6. The van der Waals surface area contributed by atoms with Crippen molar-refractivity contribution in [2.75, 3.05) is 25.0 Å². The van der Waals surface area contributed by atoms with Crippen molar-refractivity contribution in [3.63, 3.8) is 0 Å². The minimum atomic E-state index is -0.152. The molecular formula is C27H30Cl2N4O2. The first-order valence-electron chi connectivity index (χ1n) is 12.4. The number of phenolic OH excluding ortho intramolecular Hbond substituents is 1. The van der Waals surface area contributed by atoms with Crippen molar-refractivity contribution in [3.05, 3.63) is 46.1 Å². The number of carbonyl (C=O) groups is 1. The Hall–Kier alpha value is -2.41. The molecule has 0 atom stereocenters. The first-order chi connectivity index (χ1) is 16.9. The number of nitrogens with zero attached hydrogens (tertiary/aromatic N) is 3. The largest absolute Gasteiger partial charge is 0.505 e. The Balaban J connectivity index is 1.43. The van der Waals surface area contributed by atoms with Gasteiger partial charge in [0.25, 0.3) is 0 Å². The molecule has 2 aromatic heterocycles. The van der Waals surface area contributed by atoms with E-state index in [0.29, 0.717) is 27.9 Å². The molecule has 3 aromatic rings. The molecule has 1 aliphatic heterocycles. The van der Waals surface area contributed by atoms with Gasteiger partial charge in [-0.15, -0.1) is 0 Å². The lowest BCUT2D eigenvalue weighted by Crippen LogP contribution is -2.33. The number of anilines is 1. The zero-order valence-corrected chi connectivity index (χ0v) is 21.4. The first-order valence-corrected chi connectivity index (χ1v) is 13.1. The van der Waals surface area contributed by atoms with E-state index in [2.05, 4.69) is 15.2 Å². The number of aromatic nitrogens is 2. The molecule has 0 unspecified atom stereocenters. The third-order valence-corrected chi connectivity index (χ3v) is 7.89. The summed E-state index contributed by atoms with van der Waals surface area (Å²) in [6.45, 7) is 5.26. The van der Waals surface area contributed by atoms with Crippen molar-refractivity contribution in [3.8, 4) is 17.0 Å². The highest BCUT2D eigenvalue weighted by atomic mass is 35.5. The van der Waals surface area contributed by atoms with E-state index in [1.165, 1.54) is 45.3 Å². The average molecular weight is 513 g/mol. The second-order valence-electron chi connectivity index (χ2n) is 9.83. The third kappa shape index (κ3) is 5.25. The summed E-state index contributed by atoms with van der Waals surface area (Å²) in [7, 11) is 0. The lowest BCUT2D eigenvalue weighted by molar-refractivity contribution is 0.101. The zero-order chi connectivity index (χ0) is 24.5. The third-order valence-electron chi connectivity index (χ3n) is 7.32. The maximum atomic E-state index is 12.5. The Morgan fingerprint density at radius 2 is 1.80 bits per heavy atom. The minimum Gasteiger partial charge on any atom is -0.505 e. The number of aromatic hydroxyl groups is 1. The Morgan fingerprint density at radius 3 is 2.46 bits per heavy atom. The van der Waals surface area contributed by atoms with Crippen LogP contribution in [0.15, 0.2) is 30.5 Å². The maximum Gasteiger partial charge on any atom is 0.163 e. The molecule has 0 bridgehead atoms. The van der Waals surface area contributed by atoms with Crippen LogP contribution in [-0.2, 0) is 0 Å². The van der Waals surface area contributed by atoms with Gasteiger partial charge in [-0.3, -0.25) is 9.78 Å². The molecule has 0 amide bonds. The molecule has 35 heavy (non-hydrogen) atoms. The van der Waals surface area contributed by atoms with Crippen LogP contribution in [0.2, 0.25) is 10.0 Å². The van der Waals surface area contributed by atoms with Crippen LogP contribution in [-0.4, -0.2) is 51.4 Å². The number of nitrogens with one attached hydrogen (secondary N) is 1. The summed E-state index contributed by atoms with van der Waals surface area (Å²) in [6.07, 6.45) is 8.83. The van der Waals surface area contributed by atoms with Crippen LogP contribution in [0, 0.1) is 5.92 Å². The molecule has 1 saturated carbocycles. The van der Waals surface area contributed by atoms with Crippen LogP contribution in [0.25, 0.3) is 22.3 Å². The summed E-state index contributed by atoms with van der Waals surface area (Å²) < 4.78 is 0. The van der Waals surface area contributed by atoms with Crippen molar-refractivity contribution in [1.82, 2.24) is 14.9 Å². The predicted molar refractivity (Wildman–Crippen MR) is 142 cm³/mol. The van der Waals surface area contributed by atoms with Crippen molar-refractivity contribution >= 4 is 45.7 Å². The van der Waals surface area contributed by atoms with Crippen LogP contribution < -0.4 is 5.32 Å². The molecular weight excluding hydrogens is 483 g/mol. The summed E-state index contributed by atoms with van der Waals surface area (Å²) in [4.78, 5) is 24.5. The van der Waals surface area contributed by atoms with Gasteiger partial charge in [-0.05, 0) is 88.7 Å². The maximum absolute atomic E-state index is 12.5. The number of Topliss-reactive ketones (excluding diaryl/α,β-unsaturated/α-hetero) is 1. The minimum absolute atomic E-state index is 0.0486. The Morgan fingerprint density at radius 1 is 1.11 bits per heavy atom. The molecule has 2 aliphatic rings. The second-order valence-corrected chi connectivity index (χ2v) is 10.6. The van der Waals surface area contributed by atoms with Gasteiger partial charge in [0.15, 0.2) is 11.5 Å². The number of fused-ring (bicyclic) bond motifs is 1. The highest BCUT2D eigenvalue weighted by Crippen LogP contribution is 2.37. The molecule has 2 N–H and O–H groups in total. The average Bonchev–Trinajstić information content (AvgIpc) is 3.36. The predicted octanol–water partition coefficient (Wildman–Crippen LogP) is 6.58. The fourth-order valence-corrected chi connectivity index (χ4v) is 5.86. The summed E-state index contributed by atoms with van der Waals surface area (Å²) in [5, 5.41) is 13.9. The van der Waals surface area contributed by atoms with E-state index >= 15 is 0 Å². The molecule has 1 saturated heterocycles. The number of hydrogen-bond donors (Lipinski definition) is 2. The number of phenols is 1. The molecule has 184 valence electrons. The van der Waals surface area contributed by atoms with Gasteiger partial charge in [0.2, 0.25) is 0 Å². The standard InChI is InChI=1S/C27H30Cl2N4O2/c1-16(34)20-14-30-24-9-8-23(18-12-21(28)27(35)22(29)13-18)32-26(24)25(20)31-19-6-4-17(5-7-19)15-33-10-2-3-11-33/h8-9,12-14,17,19,35H,2-7,10-11,15H2,1H3,(H,30,31). The van der Waals surface area contributed by atoms with Crippen LogP contribution in [0.3, 0.4) is 0 Å². The van der Waals surface area contributed by atoms with Crippen molar-refractivity contribution < 1.29 is 9.90 Å². The van der Waals surface area contributed by atoms with E-state index in [9.17, 15) is 9.90 Å². The first kappa shape index (κ1) is 24.3. The van der Waals surface area contributed by atoms with Crippen LogP contribution >= 0.6 is 23.2 Å². The Bertz CT molecular complexity index is 1230. The lowest BCUT2D eigenvalue weighted by Gasteiger charge is -2.32. The number of pyridine rings is 2. The van der Waals surface area contributed by atoms with Gasteiger partial charge in [0.1, 0.15) is 5.52 Å². The van der Waals surface area contributed by atoms with Gasteiger partial charge in [-0.1, -0.05) is 23.2 Å². The molecule has 5 rings (SSSR count). The topological polar surface area (TPSA) is 78.3 Å². The van der Waals surface area contributed by atoms with Gasteiger partial charge < -0.3 is 15.3 Å². The molecule has 3 heterocycles. The van der Waals surface area contributed by atoms with Gasteiger partial charge in [-0.2, -0.15) is 0 Å². The van der Waals surface area contributed by atoms with E-state index in [4.69, 9.17) is 28.2 Å². The van der Waals surface area contributed by atoms with Crippen molar-refractivity contribution in [2.24, 2.45) is 5.92 Å². The van der Waals surface area contributed by atoms with Crippen molar-refractivity contribution in [1.29, 1.82) is 0 Å². The van der Waals surface area contributed by atoms with Crippen LogP contribution in [0.1, 0.15) is 55.8 Å². The summed E-state index contributed by atoms with van der Waals surface area (Å²) in [5.41, 5.74) is 3.96.